The first kappa shape index (κ1) is 13.6. The standard InChI is InChI=1S/C13H16N2OS/c1-2-17-9-5-8-13(16)15-12-7-4-3-6-11(12)10-14/h3-4,6-7H,2,5,8-9H2,1H3,(H,15,16). The van der Waals surface area contributed by atoms with Gasteiger partial charge in [0.05, 0.1) is 11.3 Å². The van der Waals surface area contributed by atoms with Crippen LogP contribution in [0.25, 0.3) is 0 Å². The Morgan fingerprint density at radius 1 is 1.47 bits per heavy atom. The number of nitrogens with zero attached hydrogens (tertiary/aromatic N) is 1. The minimum absolute atomic E-state index is 0.0237. The van der Waals surface area contributed by atoms with E-state index in [0.717, 1.165) is 17.9 Å². The Labute approximate surface area is 106 Å². The molecule has 0 radical (unpaired) electrons. The van der Waals surface area contributed by atoms with Crippen LogP contribution in [0.4, 0.5) is 5.69 Å². The summed E-state index contributed by atoms with van der Waals surface area (Å²) in [6.45, 7) is 2.11. The normalized spacial score (nSPS) is 9.65. The van der Waals surface area contributed by atoms with Crippen molar-refractivity contribution in [2.24, 2.45) is 0 Å². The van der Waals surface area contributed by atoms with E-state index in [2.05, 4.69) is 18.3 Å². The molecule has 0 aromatic heterocycles. The molecule has 0 heterocycles. The van der Waals surface area contributed by atoms with E-state index in [0.29, 0.717) is 17.7 Å². The highest BCUT2D eigenvalue weighted by atomic mass is 32.2. The summed E-state index contributed by atoms with van der Waals surface area (Å²) < 4.78 is 0. The van der Waals surface area contributed by atoms with E-state index in [1.807, 2.05) is 17.8 Å². The maximum absolute atomic E-state index is 11.6. The zero-order valence-electron chi connectivity index (χ0n) is 9.90. The van der Waals surface area contributed by atoms with Gasteiger partial charge in [-0.25, -0.2) is 0 Å². The second-order valence-electron chi connectivity index (χ2n) is 3.51. The number of thioether (sulfide) groups is 1. The van der Waals surface area contributed by atoms with Gasteiger partial charge in [0.2, 0.25) is 5.91 Å². The molecule has 1 aromatic rings. The average Bonchev–Trinajstić information content (AvgIpc) is 2.35. The third kappa shape index (κ3) is 4.92. The molecule has 0 bridgehead atoms. The zero-order valence-corrected chi connectivity index (χ0v) is 10.7. The number of amides is 1. The molecule has 0 spiro atoms. The number of rotatable bonds is 6. The summed E-state index contributed by atoms with van der Waals surface area (Å²) in [6, 6.07) is 9.10. The Hall–Kier alpha value is -1.47. The van der Waals surface area contributed by atoms with Crippen LogP contribution in [0, 0.1) is 11.3 Å². The van der Waals surface area contributed by atoms with Crippen LogP contribution in [0.5, 0.6) is 0 Å². The third-order valence-corrected chi connectivity index (χ3v) is 3.20. The predicted octanol–water partition coefficient (Wildman–Crippen LogP) is 3.03. The van der Waals surface area contributed by atoms with E-state index in [1.165, 1.54) is 0 Å². The van der Waals surface area contributed by atoms with Gasteiger partial charge in [0.1, 0.15) is 6.07 Å². The van der Waals surface area contributed by atoms with E-state index < -0.39 is 0 Å². The molecule has 1 rings (SSSR count). The lowest BCUT2D eigenvalue weighted by Gasteiger charge is -2.06. The van der Waals surface area contributed by atoms with Crippen LogP contribution in [0.15, 0.2) is 24.3 Å². The maximum atomic E-state index is 11.6. The van der Waals surface area contributed by atoms with E-state index in [1.54, 1.807) is 18.2 Å². The monoisotopic (exact) mass is 248 g/mol. The second-order valence-corrected chi connectivity index (χ2v) is 4.90. The first-order valence-electron chi connectivity index (χ1n) is 5.64. The van der Waals surface area contributed by atoms with Crippen LogP contribution in [0.1, 0.15) is 25.3 Å². The fraction of sp³-hybridized carbons (Fsp3) is 0.385. The van der Waals surface area contributed by atoms with Crippen LogP contribution >= 0.6 is 11.8 Å². The third-order valence-electron chi connectivity index (χ3n) is 2.22. The van der Waals surface area contributed by atoms with E-state index >= 15 is 0 Å². The summed E-state index contributed by atoms with van der Waals surface area (Å²) in [5.74, 6) is 2.06. The van der Waals surface area contributed by atoms with Crippen molar-refractivity contribution in [2.45, 2.75) is 19.8 Å². The molecule has 0 aliphatic heterocycles. The number of hydrogen-bond donors (Lipinski definition) is 1. The molecular formula is C13H16N2OS. The first-order chi connectivity index (χ1) is 8.27. The lowest BCUT2D eigenvalue weighted by atomic mass is 10.2. The van der Waals surface area contributed by atoms with Gasteiger partial charge in [0.15, 0.2) is 0 Å². The van der Waals surface area contributed by atoms with Crippen molar-refractivity contribution in [3.63, 3.8) is 0 Å². The number of para-hydroxylation sites is 1. The highest BCUT2D eigenvalue weighted by Gasteiger charge is 2.05. The molecule has 0 saturated carbocycles. The Balaban J connectivity index is 2.43. The fourth-order valence-electron chi connectivity index (χ4n) is 1.38. The highest BCUT2D eigenvalue weighted by Crippen LogP contribution is 2.14. The summed E-state index contributed by atoms with van der Waals surface area (Å²) in [7, 11) is 0. The molecule has 4 heteroatoms. The van der Waals surface area contributed by atoms with Crippen LogP contribution in [0.2, 0.25) is 0 Å². The zero-order chi connectivity index (χ0) is 12.5. The van der Waals surface area contributed by atoms with Gasteiger partial charge in [-0.3, -0.25) is 4.79 Å². The summed E-state index contributed by atoms with van der Waals surface area (Å²) in [5.41, 5.74) is 1.10. The van der Waals surface area contributed by atoms with Crippen molar-refractivity contribution in [3.05, 3.63) is 29.8 Å². The van der Waals surface area contributed by atoms with Gasteiger partial charge in [-0.1, -0.05) is 19.1 Å². The van der Waals surface area contributed by atoms with Crippen molar-refractivity contribution in [1.82, 2.24) is 0 Å². The fourth-order valence-corrected chi connectivity index (χ4v) is 2.02. The lowest BCUT2D eigenvalue weighted by Crippen LogP contribution is -2.12. The van der Waals surface area contributed by atoms with E-state index in [9.17, 15) is 4.79 Å². The molecule has 0 unspecified atom stereocenters. The molecule has 0 atom stereocenters. The number of benzene rings is 1. The molecule has 0 aliphatic carbocycles. The maximum Gasteiger partial charge on any atom is 0.224 e. The molecule has 1 aromatic carbocycles. The van der Waals surface area contributed by atoms with Gasteiger partial charge in [0.25, 0.3) is 0 Å². The van der Waals surface area contributed by atoms with Crippen LogP contribution < -0.4 is 5.32 Å². The molecule has 17 heavy (non-hydrogen) atoms. The van der Waals surface area contributed by atoms with E-state index in [-0.39, 0.29) is 5.91 Å². The molecule has 90 valence electrons. The number of nitrogens with one attached hydrogen (secondary N) is 1. The smallest absolute Gasteiger partial charge is 0.224 e. The highest BCUT2D eigenvalue weighted by molar-refractivity contribution is 7.99. The van der Waals surface area contributed by atoms with Crippen molar-refractivity contribution in [1.29, 1.82) is 5.26 Å². The molecule has 1 amide bonds. The van der Waals surface area contributed by atoms with Gasteiger partial charge >= 0.3 is 0 Å². The number of carbonyl (C=O) groups excluding carboxylic acids is 1. The van der Waals surface area contributed by atoms with Crippen molar-refractivity contribution >= 4 is 23.4 Å². The summed E-state index contributed by atoms with van der Waals surface area (Å²) >= 11 is 1.83. The largest absolute Gasteiger partial charge is 0.325 e. The quantitative estimate of drug-likeness (QED) is 0.787. The van der Waals surface area contributed by atoms with Crippen LogP contribution in [-0.2, 0) is 4.79 Å². The average molecular weight is 248 g/mol. The van der Waals surface area contributed by atoms with Crippen molar-refractivity contribution < 1.29 is 4.79 Å². The number of carbonyl (C=O) groups is 1. The molecule has 3 nitrogen and oxygen atoms in total. The topological polar surface area (TPSA) is 52.9 Å². The molecule has 0 aliphatic rings. The second kappa shape index (κ2) is 7.75. The Morgan fingerprint density at radius 2 is 2.24 bits per heavy atom. The SMILES string of the molecule is CCSCCCC(=O)Nc1ccccc1C#N. The van der Waals surface area contributed by atoms with Crippen molar-refractivity contribution in [2.75, 3.05) is 16.8 Å². The summed E-state index contributed by atoms with van der Waals surface area (Å²) in [5, 5.41) is 11.6. The first-order valence-corrected chi connectivity index (χ1v) is 6.80. The van der Waals surface area contributed by atoms with Gasteiger partial charge in [-0.15, -0.1) is 0 Å². The van der Waals surface area contributed by atoms with Gasteiger partial charge in [0, 0.05) is 6.42 Å². The molecule has 1 N–H and O–H groups in total. The summed E-state index contributed by atoms with van der Waals surface area (Å²) in [4.78, 5) is 11.6. The number of anilines is 1. The van der Waals surface area contributed by atoms with E-state index in [4.69, 9.17) is 5.26 Å². The molecule has 0 saturated heterocycles. The lowest BCUT2D eigenvalue weighted by molar-refractivity contribution is -0.116. The Bertz CT molecular complexity index is 412. The minimum atomic E-state index is -0.0237. The van der Waals surface area contributed by atoms with Crippen LogP contribution in [-0.4, -0.2) is 17.4 Å². The van der Waals surface area contributed by atoms with Gasteiger partial charge < -0.3 is 5.32 Å². The minimum Gasteiger partial charge on any atom is -0.325 e. The van der Waals surface area contributed by atoms with Crippen molar-refractivity contribution in [3.8, 4) is 6.07 Å². The molecule has 0 fully saturated rings. The Kier molecular flexibility index (Phi) is 6.19. The van der Waals surface area contributed by atoms with Gasteiger partial charge in [-0.2, -0.15) is 17.0 Å². The van der Waals surface area contributed by atoms with Crippen LogP contribution in [0.3, 0.4) is 0 Å². The number of hydrogen-bond acceptors (Lipinski definition) is 3. The van der Waals surface area contributed by atoms with Gasteiger partial charge in [-0.05, 0) is 30.1 Å². The Morgan fingerprint density at radius 3 is 2.94 bits per heavy atom. The molecular weight excluding hydrogens is 232 g/mol. The summed E-state index contributed by atoms with van der Waals surface area (Å²) in [6.07, 6.45) is 1.38. The number of nitriles is 1. The predicted molar refractivity (Wildman–Crippen MR) is 72.0 cm³/mol.